The molecule has 0 saturated heterocycles. The van der Waals surface area contributed by atoms with E-state index in [1.807, 2.05) is 13.8 Å². The first-order valence-corrected chi connectivity index (χ1v) is 6.21. The predicted molar refractivity (Wildman–Crippen MR) is 62.2 cm³/mol. The van der Waals surface area contributed by atoms with Gasteiger partial charge in [-0.1, -0.05) is 13.8 Å². The average molecular weight is 261 g/mol. The van der Waals surface area contributed by atoms with Gasteiger partial charge in [0, 0.05) is 11.7 Å². The van der Waals surface area contributed by atoms with E-state index in [0.29, 0.717) is 12.1 Å². The van der Waals surface area contributed by atoms with Crippen molar-refractivity contribution in [3.63, 3.8) is 0 Å². The number of hydrogen-bond donors (Lipinski definition) is 1. The van der Waals surface area contributed by atoms with Crippen LogP contribution < -0.4 is 5.73 Å². The van der Waals surface area contributed by atoms with Gasteiger partial charge in [0.2, 0.25) is 0 Å². The van der Waals surface area contributed by atoms with E-state index in [-0.39, 0.29) is 18.0 Å². The topological polar surface area (TPSA) is 43.8 Å². The molecule has 1 aliphatic rings. The van der Waals surface area contributed by atoms with Crippen molar-refractivity contribution >= 4 is 0 Å². The Balaban J connectivity index is 2.36. The molecule has 3 nitrogen and oxygen atoms in total. The molecule has 1 saturated carbocycles. The first-order chi connectivity index (χ1) is 8.29. The van der Waals surface area contributed by atoms with Crippen molar-refractivity contribution in [3.8, 4) is 0 Å². The number of halogens is 3. The lowest BCUT2D eigenvalue weighted by molar-refractivity contribution is -0.141. The second-order valence-corrected chi connectivity index (χ2v) is 5.28. The highest BCUT2D eigenvalue weighted by Crippen LogP contribution is 2.35. The Morgan fingerprint density at radius 1 is 1.39 bits per heavy atom. The third-order valence-electron chi connectivity index (χ3n) is 3.44. The number of aromatic nitrogens is 2. The highest BCUT2D eigenvalue weighted by Gasteiger charge is 2.37. The summed E-state index contributed by atoms with van der Waals surface area (Å²) in [5, 5.41) is 3.76. The summed E-state index contributed by atoms with van der Waals surface area (Å²) in [6, 6.07) is 1.25. The van der Waals surface area contributed by atoms with Crippen LogP contribution in [0.1, 0.15) is 56.5 Å². The molecule has 2 unspecified atom stereocenters. The standard InChI is InChI=1S/C12H18F3N3/c1-7(2)10-6-11(12(13,14)15)17-18(10)9-4-3-8(16)5-9/h6-9H,3-5,16H2,1-2H3. The van der Waals surface area contributed by atoms with Crippen LogP contribution in [-0.2, 0) is 6.18 Å². The fourth-order valence-corrected chi connectivity index (χ4v) is 2.48. The maximum atomic E-state index is 12.7. The van der Waals surface area contributed by atoms with Crippen molar-refractivity contribution in [2.75, 3.05) is 0 Å². The van der Waals surface area contributed by atoms with Gasteiger partial charge >= 0.3 is 6.18 Å². The zero-order valence-corrected chi connectivity index (χ0v) is 10.5. The Labute approximate surface area is 104 Å². The van der Waals surface area contributed by atoms with Gasteiger partial charge in [0.25, 0.3) is 0 Å². The largest absolute Gasteiger partial charge is 0.435 e. The fourth-order valence-electron chi connectivity index (χ4n) is 2.48. The van der Waals surface area contributed by atoms with Crippen LogP contribution in [0.15, 0.2) is 6.07 Å². The van der Waals surface area contributed by atoms with Crippen LogP contribution in [0.3, 0.4) is 0 Å². The summed E-state index contributed by atoms with van der Waals surface area (Å²) < 4.78 is 39.7. The van der Waals surface area contributed by atoms with Gasteiger partial charge in [-0.05, 0) is 31.2 Å². The zero-order chi connectivity index (χ0) is 13.5. The van der Waals surface area contributed by atoms with Crippen molar-refractivity contribution in [3.05, 3.63) is 17.5 Å². The van der Waals surface area contributed by atoms with Crippen LogP contribution in [-0.4, -0.2) is 15.8 Å². The smallest absolute Gasteiger partial charge is 0.328 e. The van der Waals surface area contributed by atoms with Crippen molar-refractivity contribution in [1.82, 2.24) is 9.78 Å². The molecule has 0 radical (unpaired) electrons. The van der Waals surface area contributed by atoms with E-state index < -0.39 is 11.9 Å². The lowest BCUT2D eigenvalue weighted by atomic mass is 10.1. The van der Waals surface area contributed by atoms with E-state index in [4.69, 9.17) is 5.73 Å². The van der Waals surface area contributed by atoms with Crippen LogP contribution in [0.4, 0.5) is 13.2 Å². The Morgan fingerprint density at radius 2 is 2.06 bits per heavy atom. The molecule has 1 heterocycles. The van der Waals surface area contributed by atoms with E-state index in [0.717, 1.165) is 18.9 Å². The molecule has 1 aliphatic carbocycles. The minimum atomic E-state index is -4.38. The predicted octanol–water partition coefficient (Wildman–Crippen LogP) is 3.08. The Kier molecular flexibility index (Phi) is 3.40. The maximum absolute atomic E-state index is 12.7. The SMILES string of the molecule is CC(C)c1cc(C(F)(F)F)nn1C1CCC(N)C1. The second-order valence-electron chi connectivity index (χ2n) is 5.28. The lowest BCUT2D eigenvalue weighted by Gasteiger charge is -2.16. The van der Waals surface area contributed by atoms with Crippen molar-refractivity contribution in [1.29, 1.82) is 0 Å². The molecule has 0 aliphatic heterocycles. The van der Waals surface area contributed by atoms with E-state index in [1.165, 1.54) is 0 Å². The molecular weight excluding hydrogens is 243 g/mol. The molecule has 0 bridgehead atoms. The third kappa shape index (κ3) is 2.53. The van der Waals surface area contributed by atoms with Crippen LogP contribution in [0.25, 0.3) is 0 Å². The molecule has 1 aromatic heterocycles. The maximum Gasteiger partial charge on any atom is 0.435 e. The Bertz CT molecular complexity index is 423. The van der Waals surface area contributed by atoms with Crippen molar-refractivity contribution in [2.45, 2.75) is 57.3 Å². The molecule has 18 heavy (non-hydrogen) atoms. The summed E-state index contributed by atoms with van der Waals surface area (Å²) in [5.41, 5.74) is 5.66. The van der Waals surface area contributed by atoms with Crippen molar-refractivity contribution in [2.24, 2.45) is 5.73 Å². The minimum absolute atomic E-state index is 0.00787. The molecule has 2 rings (SSSR count). The second kappa shape index (κ2) is 4.57. The highest BCUT2D eigenvalue weighted by atomic mass is 19.4. The molecule has 2 N–H and O–H groups in total. The number of nitrogens with zero attached hydrogens (tertiary/aromatic N) is 2. The summed E-state index contributed by atoms with van der Waals surface area (Å²) in [7, 11) is 0. The summed E-state index contributed by atoms with van der Waals surface area (Å²) in [6.07, 6.45) is -2.02. The van der Waals surface area contributed by atoms with E-state index in [2.05, 4.69) is 5.10 Å². The monoisotopic (exact) mass is 261 g/mol. The summed E-state index contributed by atoms with van der Waals surface area (Å²) in [4.78, 5) is 0. The first-order valence-electron chi connectivity index (χ1n) is 6.21. The van der Waals surface area contributed by atoms with Gasteiger partial charge < -0.3 is 5.73 Å². The third-order valence-corrected chi connectivity index (χ3v) is 3.44. The van der Waals surface area contributed by atoms with Gasteiger partial charge in [-0.25, -0.2) is 0 Å². The molecule has 102 valence electrons. The Hall–Kier alpha value is -1.04. The van der Waals surface area contributed by atoms with Gasteiger partial charge in [-0.15, -0.1) is 0 Å². The van der Waals surface area contributed by atoms with Gasteiger partial charge in [-0.2, -0.15) is 18.3 Å². The van der Waals surface area contributed by atoms with Crippen LogP contribution in [0, 0.1) is 0 Å². The van der Waals surface area contributed by atoms with E-state index in [9.17, 15) is 13.2 Å². The minimum Gasteiger partial charge on any atom is -0.328 e. The van der Waals surface area contributed by atoms with Gasteiger partial charge in [0.05, 0.1) is 6.04 Å². The first kappa shape index (κ1) is 13.4. The number of rotatable bonds is 2. The number of hydrogen-bond acceptors (Lipinski definition) is 2. The zero-order valence-electron chi connectivity index (χ0n) is 10.5. The molecule has 0 spiro atoms. The number of alkyl halides is 3. The normalized spacial score (nSPS) is 25.1. The highest BCUT2D eigenvalue weighted by molar-refractivity contribution is 5.17. The fraction of sp³-hybridized carbons (Fsp3) is 0.750. The summed E-state index contributed by atoms with van der Waals surface area (Å²) in [6.45, 7) is 3.76. The molecule has 1 fully saturated rings. The summed E-state index contributed by atoms with van der Waals surface area (Å²) >= 11 is 0. The van der Waals surface area contributed by atoms with Gasteiger partial charge in [-0.3, -0.25) is 4.68 Å². The Morgan fingerprint density at radius 3 is 2.50 bits per heavy atom. The average Bonchev–Trinajstić information content (AvgIpc) is 2.81. The molecular formula is C12H18F3N3. The van der Waals surface area contributed by atoms with E-state index in [1.54, 1.807) is 4.68 Å². The van der Waals surface area contributed by atoms with Crippen molar-refractivity contribution < 1.29 is 13.2 Å². The van der Waals surface area contributed by atoms with Gasteiger partial charge in [0.1, 0.15) is 0 Å². The summed E-state index contributed by atoms with van der Waals surface area (Å²) in [5.74, 6) is 0.0189. The molecule has 6 heteroatoms. The van der Waals surface area contributed by atoms with E-state index >= 15 is 0 Å². The van der Waals surface area contributed by atoms with Crippen LogP contribution in [0.5, 0.6) is 0 Å². The van der Waals surface area contributed by atoms with Gasteiger partial charge in [0.15, 0.2) is 5.69 Å². The molecule has 0 amide bonds. The lowest BCUT2D eigenvalue weighted by Crippen LogP contribution is -2.18. The number of nitrogens with two attached hydrogens (primary N) is 1. The molecule has 2 atom stereocenters. The van der Waals surface area contributed by atoms with Crippen LogP contribution in [0.2, 0.25) is 0 Å². The molecule has 1 aromatic rings. The van der Waals surface area contributed by atoms with Crippen LogP contribution >= 0.6 is 0 Å². The quantitative estimate of drug-likeness (QED) is 0.889. The molecule has 0 aromatic carbocycles.